The molecule has 150 valence electrons. The maximum atomic E-state index is 12.4. The molecule has 3 aromatic rings. The molecule has 10 heteroatoms. The lowest BCUT2D eigenvalue weighted by Crippen LogP contribution is -2.15. The fraction of sp³-hybridized carbons (Fsp3) is 0.158. The van der Waals surface area contributed by atoms with Gasteiger partial charge in [0.1, 0.15) is 5.82 Å². The number of hydrogen-bond donors (Lipinski definition) is 2. The number of pyridine rings is 1. The Hall–Kier alpha value is -2.98. The van der Waals surface area contributed by atoms with Gasteiger partial charge < -0.3 is 5.32 Å². The number of anilines is 2. The first-order chi connectivity index (χ1) is 13.8. The van der Waals surface area contributed by atoms with Crippen molar-refractivity contribution in [1.29, 1.82) is 0 Å². The number of sulfonamides is 1. The Labute approximate surface area is 173 Å². The molecule has 0 spiro atoms. The van der Waals surface area contributed by atoms with Crippen LogP contribution in [0.3, 0.4) is 0 Å². The van der Waals surface area contributed by atoms with Gasteiger partial charge in [-0.2, -0.15) is 0 Å². The minimum atomic E-state index is -3.76. The Balaban J connectivity index is 1.59. The van der Waals surface area contributed by atoms with Gasteiger partial charge >= 0.3 is 0 Å². The lowest BCUT2D eigenvalue weighted by molar-refractivity contribution is -0.113. The molecule has 0 aliphatic carbocycles. The fourth-order valence-corrected chi connectivity index (χ4v) is 4.18. The molecule has 0 atom stereocenters. The van der Waals surface area contributed by atoms with Gasteiger partial charge in [0, 0.05) is 23.3 Å². The molecule has 2 aromatic heterocycles. The van der Waals surface area contributed by atoms with Crippen molar-refractivity contribution in [2.75, 3.05) is 15.8 Å². The zero-order valence-electron chi connectivity index (χ0n) is 15.8. The van der Waals surface area contributed by atoms with Gasteiger partial charge in [0.25, 0.3) is 10.0 Å². The number of amides is 1. The van der Waals surface area contributed by atoms with Crippen LogP contribution in [0.1, 0.15) is 11.4 Å². The summed E-state index contributed by atoms with van der Waals surface area (Å²) >= 11 is 1.24. The van der Waals surface area contributed by atoms with E-state index in [-0.39, 0.29) is 22.4 Å². The minimum absolute atomic E-state index is 0.0687. The van der Waals surface area contributed by atoms with E-state index in [0.29, 0.717) is 10.8 Å². The molecule has 2 heterocycles. The summed E-state index contributed by atoms with van der Waals surface area (Å²) in [6.07, 6.45) is 1.50. The number of carbonyl (C=O) groups excluding carboxylic acids is 1. The first-order valence-electron chi connectivity index (χ1n) is 8.61. The molecule has 1 amide bonds. The number of aryl methyl sites for hydroxylation is 2. The van der Waals surface area contributed by atoms with Crippen LogP contribution in [0.5, 0.6) is 0 Å². The molecule has 3 rings (SSSR count). The molecule has 0 aliphatic rings. The van der Waals surface area contributed by atoms with E-state index in [1.807, 2.05) is 19.9 Å². The van der Waals surface area contributed by atoms with E-state index in [1.165, 1.54) is 42.2 Å². The van der Waals surface area contributed by atoms with Gasteiger partial charge in [0.05, 0.1) is 10.6 Å². The first-order valence-corrected chi connectivity index (χ1v) is 11.1. The van der Waals surface area contributed by atoms with Gasteiger partial charge in [-0.1, -0.05) is 17.8 Å². The van der Waals surface area contributed by atoms with Crippen molar-refractivity contribution in [2.24, 2.45) is 0 Å². The summed E-state index contributed by atoms with van der Waals surface area (Å²) in [5.41, 5.74) is 2.18. The van der Waals surface area contributed by atoms with Crippen LogP contribution in [-0.4, -0.2) is 35.0 Å². The molecular formula is C19H19N5O3S2. The predicted molar refractivity (Wildman–Crippen MR) is 112 cm³/mol. The number of hydrogen-bond acceptors (Lipinski definition) is 7. The molecule has 0 saturated heterocycles. The van der Waals surface area contributed by atoms with Gasteiger partial charge in [-0.15, -0.1) is 0 Å². The average Bonchev–Trinajstić information content (AvgIpc) is 2.66. The van der Waals surface area contributed by atoms with E-state index in [9.17, 15) is 13.2 Å². The van der Waals surface area contributed by atoms with Crippen LogP contribution >= 0.6 is 11.8 Å². The fourth-order valence-electron chi connectivity index (χ4n) is 2.42. The summed E-state index contributed by atoms with van der Waals surface area (Å²) in [7, 11) is -3.76. The predicted octanol–water partition coefficient (Wildman–Crippen LogP) is 3.02. The number of carbonyl (C=O) groups is 1. The average molecular weight is 430 g/mol. The Bertz CT molecular complexity index is 1080. The highest BCUT2D eigenvalue weighted by atomic mass is 32.2. The van der Waals surface area contributed by atoms with E-state index in [1.54, 1.807) is 18.2 Å². The van der Waals surface area contributed by atoms with E-state index >= 15 is 0 Å². The van der Waals surface area contributed by atoms with Gasteiger partial charge in [0.15, 0.2) is 5.16 Å². The van der Waals surface area contributed by atoms with Crippen molar-refractivity contribution < 1.29 is 13.2 Å². The number of rotatable bonds is 7. The second-order valence-corrected chi connectivity index (χ2v) is 8.74. The largest absolute Gasteiger partial charge is 0.325 e. The second-order valence-electron chi connectivity index (χ2n) is 6.11. The zero-order valence-corrected chi connectivity index (χ0v) is 17.4. The summed E-state index contributed by atoms with van der Waals surface area (Å²) in [5, 5.41) is 3.27. The van der Waals surface area contributed by atoms with E-state index < -0.39 is 10.0 Å². The lowest BCUT2D eigenvalue weighted by Gasteiger charge is -2.09. The standard InChI is InChI=1S/C19H19N5O3S2/c1-13-11-14(2)22-19(21-13)28-12-18(25)23-15-6-8-16(9-7-15)29(26,27)24-17-5-3-4-10-20-17/h3-11H,12H2,1-2H3,(H,20,24)(H,23,25). The second kappa shape index (κ2) is 9.01. The van der Waals surface area contributed by atoms with Gasteiger partial charge in [-0.05, 0) is 56.3 Å². The van der Waals surface area contributed by atoms with Crippen LogP contribution in [0.2, 0.25) is 0 Å². The highest BCUT2D eigenvalue weighted by Crippen LogP contribution is 2.18. The molecule has 0 bridgehead atoms. The molecule has 0 fully saturated rings. The van der Waals surface area contributed by atoms with Gasteiger partial charge in [-0.3, -0.25) is 9.52 Å². The summed E-state index contributed by atoms with van der Waals surface area (Å²) in [6.45, 7) is 3.74. The lowest BCUT2D eigenvalue weighted by atomic mass is 10.3. The summed E-state index contributed by atoms with van der Waals surface area (Å²) in [4.78, 5) is 24.7. The summed E-state index contributed by atoms with van der Waals surface area (Å²) < 4.78 is 27.2. The van der Waals surface area contributed by atoms with Crippen LogP contribution < -0.4 is 10.0 Å². The van der Waals surface area contributed by atoms with Crippen LogP contribution in [0.25, 0.3) is 0 Å². The first kappa shape index (κ1) is 20.7. The molecule has 2 N–H and O–H groups in total. The maximum Gasteiger partial charge on any atom is 0.263 e. The normalized spacial score (nSPS) is 11.1. The van der Waals surface area contributed by atoms with Crippen molar-refractivity contribution >= 4 is 39.2 Å². The Morgan fingerprint density at radius 3 is 2.34 bits per heavy atom. The van der Waals surface area contributed by atoms with Gasteiger partial charge in [-0.25, -0.2) is 23.4 Å². The number of benzene rings is 1. The highest BCUT2D eigenvalue weighted by Gasteiger charge is 2.15. The van der Waals surface area contributed by atoms with Crippen molar-refractivity contribution in [3.63, 3.8) is 0 Å². The van der Waals surface area contributed by atoms with E-state index in [0.717, 1.165) is 11.4 Å². The third-order valence-corrected chi connectivity index (χ3v) is 5.86. The number of aromatic nitrogens is 3. The van der Waals surface area contributed by atoms with Crippen molar-refractivity contribution in [3.8, 4) is 0 Å². The smallest absolute Gasteiger partial charge is 0.263 e. The van der Waals surface area contributed by atoms with E-state index in [2.05, 4.69) is 25.0 Å². The molecule has 29 heavy (non-hydrogen) atoms. The Morgan fingerprint density at radius 1 is 1.03 bits per heavy atom. The molecular weight excluding hydrogens is 410 g/mol. The summed E-state index contributed by atoms with van der Waals surface area (Å²) in [5.74, 6) is 0.139. The molecule has 0 radical (unpaired) electrons. The zero-order chi connectivity index (χ0) is 20.9. The molecule has 0 saturated carbocycles. The SMILES string of the molecule is Cc1cc(C)nc(SCC(=O)Nc2ccc(S(=O)(=O)Nc3ccccn3)cc2)n1. The van der Waals surface area contributed by atoms with Gasteiger partial charge in [0.2, 0.25) is 5.91 Å². The molecule has 8 nitrogen and oxygen atoms in total. The van der Waals surface area contributed by atoms with Crippen molar-refractivity contribution in [1.82, 2.24) is 15.0 Å². The van der Waals surface area contributed by atoms with Crippen LogP contribution in [0, 0.1) is 13.8 Å². The monoisotopic (exact) mass is 429 g/mol. The number of nitrogens with zero attached hydrogens (tertiary/aromatic N) is 3. The van der Waals surface area contributed by atoms with Crippen LogP contribution in [-0.2, 0) is 14.8 Å². The van der Waals surface area contributed by atoms with Crippen LogP contribution in [0.15, 0.2) is 64.8 Å². The van der Waals surface area contributed by atoms with Crippen molar-refractivity contribution in [2.45, 2.75) is 23.9 Å². The number of thioether (sulfide) groups is 1. The maximum absolute atomic E-state index is 12.4. The number of nitrogens with one attached hydrogen (secondary N) is 2. The minimum Gasteiger partial charge on any atom is -0.325 e. The Kier molecular flexibility index (Phi) is 6.45. The third kappa shape index (κ3) is 6.00. The third-order valence-electron chi connectivity index (χ3n) is 3.65. The highest BCUT2D eigenvalue weighted by molar-refractivity contribution is 7.99. The summed E-state index contributed by atoms with van der Waals surface area (Å²) in [6, 6.07) is 12.7. The molecule has 1 aromatic carbocycles. The molecule has 0 unspecified atom stereocenters. The van der Waals surface area contributed by atoms with Crippen molar-refractivity contribution in [3.05, 3.63) is 66.1 Å². The Morgan fingerprint density at radius 2 is 1.72 bits per heavy atom. The quantitative estimate of drug-likeness (QED) is 0.438. The molecule has 0 aliphatic heterocycles. The van der Waals surface area contributed by atoms with Crippen LogP contribution in [0.4, 0.5) is 11.5 Å². The van der Waals surface area contributed by atoms with E-state index in [4.69, 9.17) is 0 Å². The topological polar surface area (TPSA) is 114 Å².